The number of nitrogens with one attached hydrogen (secondary N) is 1. The summed E-state index contributed by atoms with van der Waals surface area (Å²) in [6, 6.07) is 8.01. The fourth-order valence-electron chi connectivity index (χ4n) is 2.70. The number of hydrogen-bond acceptors (Lipinski definition) is 3. The van der Waals surface area contributed by atoms with Crippen LogP contribution < -0.4 is 5.32 Å². The van der Waals surface area contributed by atoms with Gasteiger partial charge >= 0.3 is 0 Å². The van der Waals surface area contributed by atoms with Crippen LogP contribution in [0.5, 0.6) is 0 Å². The summed E-state index contributed by atoms with van der Waals surface area (Å²) in [7, 11) is 0. The van der Waals surface area contributed by atoms with Crippen LogP contribution in [0.15, 0.2) is 28.7 Å². The van der Waals surface area contributed by atoms with Gasteiger partial charge in [0.15, 0.2) is 5.58 Å². The molecule has 0 spiro atoms. The number of benzene rings is 1. The van der Waals surface area contributed by atoms with Gasteiger partial charge in [-0.15, -0.1) is 0 Å². The SMILES string of the molecule is CCC1(c2nc3ccccc3o2)CCCNC1. The summed E-state index contributed by atoms with van der Waals surface area (Å²) >= 11 is 0. The molecule has 0 radical (unpaired) electrons. The average Bonchev–Trinajstić information content (AvgIpc) is 2.84. The minimum absolute atomic E-state index is 0.0945. The minimum atomic E-state index is 0.0945. The Hall–Kier alpha value is -1.35. The molecule has 0 bridgehead atoms. The summed E-state index contributed by atoms with van der Waals surface area (Å²) in [6.07, 6.45) is 3.45. The van der Waals surface area contributed by atoms with Crippen LogP contribution in [0.3, 0.4) is 0 Å². The molecule has 1 fully saturated rings. The number of nitrogens with zero attached hydrogens (tertiary/aromatic N) is 1. The van der Waals surface area contributed by atoms with Gasteiger partial charge in [-0.2, -0.15) is 0 Å². The first-order chi connectivity index (χ1) is 8.34. The van der Waals surface area contributed by atoms with Crippen LogP contribution in [0, 0.1) is 0 Å². The molecule has 2 aromatic rings. The molecule has 1 aromatic heterocycles. The van der Waals surface area contributed by atoms with Crippen LogP contribution in [-0.4, -0.2) is 18.1 Å². The Morgan fingerprint density at radius 3 is 3.00 bits per heavy atom. The quantitative estimate of drug-likeness (QED) is 0.862. The fourth-order valence-corrected chi connectivity index (χ4v) is 2.70. The lowest BCUT2D eigenvalue weighted by molar-refractivity contribution is 0.249. The van der Waals surface area contributed by atoms with Crippen molar-refractivity contribution in [2.45, 2.75) is 31.6 Å². The van der Waals surface area contributed by atoms with Crippen molar-refractivity contribution in [3.63, 3.8) is 0 Å². The van der Waals surface area contributed by atoms with Crippen LogP contribution >= 0.6 is 0 Å². The molecule has 0 aliphatic carbocycles. The van der Waals surface area contributed by atoms with E-state index in [1.807, 2.05) is 24.3 Å². The first-order valence-corrected chi connectivity index (χ1v) is 6.41. The number of oxazole rings is 1. The van der Waals surface area contributed by atoms with E-state index in [0.717, 1.165) is 36.5 Å². The van der Waals surface area contributed by atoms with Crippen molar-refractivity contribution in [1.82, 2.24) is 10.3 Å². The smallest absolute Gasteiger partial charge is 0.202 e. The zero-order valence-electron chi connectivity index (χ0n) is 10.2. The first-order valence-electron chi connectivity index (χ1n) is 6.41. The number of para-hydroxylation sites is 2. The van der Waals surface area contributed by atoms with Crippen molar-refractivity contribution in [3.8, 4) is 0 Å². The molecule has 1 unspecified atom stereocenters. The third-order valence-corrected chi connectivity index (χ3v) is 3.90. The van der Waals surface area contributed by atoms with Crippen molar-refractivity contribution < 1.29 is 4.42 Å². The summed E-state index contributed by atoms with van der Waals surface area (Å²) in [5.41, 5.74) is 1.97. The molecule has 1 aromatic carbocycles. The van der Waals surface area contributed by atoms with Gasteiger partial charge in [0.05, 0.1) is 5.41 Å². The van der Waals surface area contributed by atoms with Crippen LogP contribution in [0.1, 0.15) is 32.1 Å². The van der Waals surface area contributed by atoms with Crippen LogP contribution in [0.2, 0.25) is 0 Å². The number of aromatic nitrogens is 1. The molecule has 17 heavy (non-hydrogen) atoms. The molecule has 0 saturated carbocycles. The second-order valence-corrected chi connectivity index (χ2v) is 4.90. The Morgan fingerprint density at radius 2 is 2.29 bits per heavy atom. The Bertz CT molecular complexity index is 479. The van der Waals surface area contributed by atoms with E-state index in [0.29, 0.717) is 0 Å². The number of fused-ring (bicyclic) bond motifs is 1. The molecule has 3 rings (SSSR count). The zero-order chi connectivity index (χ0) is 11.7. The van der Waals surface area contributed by atoms with Crippen LogP contribution in [0.4, 0.5) is 0 Å². The maximum absolute atomic E-state index is 5.95. The molecule has 90 valence electrons. The van der Waals surface area contributed by atoms with Crippen molar-refractivity contribution in [2.75, 3.05) is 13.1 Å². The van der Waals surface area contributed by atoms with Gasteiger partial charge in [-0.3, -0.25) is 0 Å². The molecule has 1 aliphatic rings. The molecular formula is C14H18N2O. The van der Waals surface area contributed by atoms with Gasteiger partial charge in [-0.25, -0.2) is 4.98 Å². The topological polar surface area (TPSA) is 38.1 Å². The number of piperidine rings is 1. The van der Waals surface area contributed by atoms with E-state index in [1.54, 1.807) is 0 Å². The summed E-state index contributed by atoms with van der Waals surface area (Å²) < 4.78 is 5.95. The highest BCUT2D eigenvalue weighted by molar-refractivity contribution is 5.72. The van der Waals surface area contributed by atoms with Gasteiger partial charge in [0.25, 0.3) is 0 Å². The lowest BCUT2D eigenvalue weighted by Crippen LogP contribution is -2.43. The molecule has 3 heteroatoms. The standard InChI is InChI=1S/C14H18N2O/c1-2-14(8-5-9-15-10-14)13-16-11-6-3-4-7-12(11)17-13/h3-4,6-7,15H,2,5,8-10H2,1H3. The van der Waals surface area contributed by atoms with Gasteiger partial charge < -0.3 is 9.73 Å². The molecule has 1 saturated heterocycles. The van der Waals surface area contributed by atoms with Crippen LogP contribution in [-0.2, 0) is 5.41 Å². The predicted octanol–water partition coefficient (Wildman–Crippen LogP) is 2.86. The summed E-state index contributed by atoms with van der Waals surface area (Å²) in [4.78, 5) is 4.67. The van der Waals surface area contributed by atoms with E-state index in [9.17, 15) is 0 Å². The third kappa shape index (κ3) is 1.75. The maximum Gasteiger partial charge on any atom is 0.202 e. The van der Waals surface area contributed by atoms with Gasteiger partial charge in [0.2, 0.25) is 5.89 Å². The Labute approximate surface area is 101 Å². The van der Waals surface area contributed by atoms with Crippen molar-refractivity contribution in [3.05, 3.63) is 30.2 Å². The molecule has 0 amide bonds. The second-order valence-electron chi connectivity index (χ2n) is 4.90. The van der Waals surface area contributed by atoms with E-state index in [-0.39, 0.29) is 5.41 Å². The van der Waals surface area contributed by atoms with Crippen molar-refractivity contribution in [1.29, 1.82) is 0 Å². The Kier molecular flexibility index (Phi) is 2.63. The van der Waals surface area contributed by atoms with Crippen molar-refractivity contribution >= 4 is 11.1 Å². The molecule has 1 atom stereocenters. The van der Waals surface area contributed by atoms with E-state index in [1.165, 1.54) is 12.8 Å². The molecule has 3 nitrogen and oxygen atoms in total. The Balaban J connectivity index is 2.05. The molecule has 2 heterocycles. The zero-order valence-corrected chi connectivity index (χ0v) is 10.2. The van der Waals surface area contributed by atoms with E-state index in [4.69, 9.17) is 4.42 Å². The first kappa shape index (κ1) is 10.8. The van der Waals surface area contributed by atoms with Crippen LogP contribution in [0.25, 0.3) is 11.1 Å². The fraction of sp³-hybridized carbons (Fsp3) is 0.500. The summed E-state index contributed by atoms with van der Waals surface area (Å²) in [5, 5.41) is 3.47. The summed E-state index contributed by atoms with van der Waals surface area (Å²) in [5.74, 6) is 0.911. The van der Waals surface area contributed by atoms with Gasteiger partial charge in [-0.05, 0) is 37.9 Å². The average molecular weight is 230 g/mol. The maximum atomic E-state index is 5.95. The normalized spacial score (nSPS) is 25.2. The van der Waals surface area contributed by atoms with Gasteiger partial charge in [0.1, 0.15) is 5.52 Å². The van der Waals surface area contributed by atoms with Crippen molar-refractivity contribution in [2.24, 2.45) is 0 Å². The van der Waals surface area contributed by atoms with E-state index in [2.05, 4.69) is 17.2 Å². The monoisotopic (exact) mass is 230 g/mol. The third-order valence-electron chi connectivity index (χ3n) is 3.90. The molecule has 1 N–H and O–H groups in total. The predicted molar refractivity (Wildman–Crippen MR) is 68.1 cm³/mol. The molecular weight excluding hydrogens is 212 g/mol. The largest absolute Gasteiger partial charge is 0.440 e. The van der Waals surface area contributed by atoms with E-state index >= 15 is 0 Å². The highest BCUT2D eigenvalue weighted by Gasteiger charge is 2.36. The van der Waals surface area contributed by atoms with E-state index < -0.39 is 0 Å². The lowest BCUT2D eigenvalue weighted by atomic mass is 9.78. The second kappa shape index (κ2) is 4.15. The minimum Gasteiger partial charge on any atom is -0.440 e. The highest BCUT2D eigenvalue weighted by atomic mass is 16.3. The number of rotatable bonds is 2. The van der Waals surface area contributed by atoms with Gasteiger partial charge in [-0.1, -0.05) is 19.1 Å². The molecule has 1 aliphatic heterocycles. The number of hydrogen-bond donors (Lipinski definition) is 1. The lowest BCUT2D eigenvalue weighted by Gasteiger charge is -2.33. The summed E-state index contributed by atoms with van der Waals surface area (Å²) in [6.45, 7) is 4.32. The van der Waals surface area contributed by atoms with Gasteiger partial charge in [0, 0.05) is 6.54 Å². The Morgan fingerprint density at radius 1 is 1.41 bits per heavy atom. The highest BCUT2D eigenvalue weighted by Crippen LogP contribution is 2.35.